The van der Waals surface area contributed by atoms with Crippen molar-refractivity contribution in [1.82, 2.24) is 15.5 Å². The molecule has 2 N–H and O–H groups in total. The van der Waals surface area contributed by atoms with Crippen molar-refractivity contribution in [3.63, 3.8) is 0 Å². The number of hydrogen-bond acceptors (Lipinski definition) is 3. The Morgan fingerprint density at radius 3 is 2.65 bits per heavy atom. The van der Waals surface area contributed by atoms with E-state index in [0.717, 1.165) is 32.4 Å². The van der Waals surface area contributed by atoms with Crippen molar-refractivity contribution in [3.8, 4) is 0 Å². The summed E-state index contributed by atoms with van der Waals surface area (Å²) < 4.78 is 0. The fraction of sp³-hybridized carbons (Fsp3) is 0.818. The molecule has 0 spiro atoms. The molecule has 1 aliphatic heterocycles. The van der Waals surface area contributed by atoms with Gasteiger partial charge < -0.3 is 15.5 Å². The fourth-order valence-electron chi connectivity index (χ4n) is 2.06. The lowest BCUT2D eigenvalue weighted by atomic mass is 10.2. The molecule has 0 radical (unpaired) electrons. The molecule has 0 bridgehead atoms. The van der Waals surface area contributed by atoms with Gasteiger partial charge in [0.25, 0.3) is 0 Å². The molecular formula is C11H22ClN3O2. The molecule has 17 heavy (non-hydrogen) atoms. The van der Waals surface area contributed by atoms with Crippen molar-refractivity contribution < 1.29 is 9.59 Å². The molecule has 1 fully saturated rings. The van der Waals surface area contributed by atoms with Crippen LogP contribution in [0.15, 0.2) is 0 Å². The molecule has 2 amide bonds. The number of nitrogens with zero attached hydrogens (tertiary/aromatic N) is 1. The van der Waals surface area contributed by atoms with E-state index in [1.54, 1.807) is 11.9 Å². The third-order valence-electron chi connectivity index (χ3n) is 2.94. The molecule has 0 aliphatic carbocycles. The molecule has 1 unspecified atom stereocenters. The number of carbonyl (C=O) groups is 2. The van der Waals surface area contributed by atoms with Gasteiger partial charge in [-0.3, -0.25) is 9.59 Å². The highest BCUT2D eigenvalue weighted by Gasteiger charge is 2.32. The maximum atomic E-state index is 11.9. The van der Waals surface area contributed by atoms with E-state index in [4.69, 9.17) is 0 Å². The van der Waals surface area contributed by atoms with Gasteiger partial charge in [-0.05, 0) is 32.9 Å². The molecule has 5 nitrogen and oxygen atoms in total. The number of carbonyl (C=O) groups excluding carboxylic acids is 2. The summed E-state index contributed by atoms with van der Waals surface area (Å²) in [4.78, 5) is 25.1. The predicted molar refractivity (Wildman–Crippen MR) is 69.2 cm³/mol. The van der Waals surface area contributed by atoms with E-state index in [-0.39, 0.29) is 30.3 Å². The van der Waals surface area contributed by atoms with Crippen LogP contribution in [0.25, 0.3) is 0 Å². The Kier molecular flexibility index (Phi) is 7.91. The van der Waals surface area contributed by atoms with Crippen molar-refractivity contribution in [1.29, 1.82) is 0 Å². The van der Waals surface area contributed by atoms with Crippen molar-refractivity contribution in [2.75, 3.05) is 27.2 Å². The molecule has 0 aromatic heterocycles. The first kappa shape index (κ1) is 16.2. The molecular weight excluding hydrogens is 242 g/mol. The SMILES string of the molecule is CNCCCC(=O)N1CCCC1C(=O)NC.Cl. The predicted octanol–water partition coefficient (Wildman–Crippen LogP) is 0.145. The first-order valence-electron chi connectivity index (χ1n) is 5.86. The zero-order valence-electron chi connectivity index (χ0n) is 10.5. The van der Waals surface area contributed by atoms with Gasteiger partial charge in [-0.25, -0.2) is 0 Å². The van der Waals surface area contributed by atoms with Gasteiger partial charge in [0.1, 0.15) is 6.04 Å². The number of likely N-dealkylation sites (N-methyl/N-ethyl adjacent to an activating group) is 1. The summed E-state index contributed by atoms with van der Waals surface area (Å²) in [5.74, 6) is 0.0563. The minimum absolute atomic E-state index is 0. The van der Waals surface area contributed by atoms with E-state index in [9.17, 15) is 9.59 Å². The first-order chi connectivity index (χ1) is 7.70. The van der Waals surface area contributed by atoms with Crippen LogP contribution in [0.1, 0.15) is 25.7 Å². The summed E-state index contributed by atoms with van der Waals surface area (Å²) in [6.07, 6.45) is 3.06. The number of rotatable bonds is 5. The molecule has 100 valence electrons. The molecule has 0 saturated carbocycles. The highest BCUT2D eigenvalue weighted by molar-refractivity contribution is 5.88. The zero-order valence-corrected chi connectivity index (χ0v) is 11.3. The summed E-state index contributed by atoms with van der Waals surface area (Å²) in [6, 6.07) is -0.243. The minimum atomic E-state index is -0.243. The molecule has 1 rings (SSSR count). The topological polar surface area (TPSA) is 61.4 Å². The number of halogens is 1. The van der Waals surface area contributed by atoms with Gasteiger partial charge in [-0.1, -0.05) is 0 Å². The van der Waals surface area contributed by atoms with Gasteiger partial charge in [0.2, 0.25) is 11.8 Å². The van der Waals surface area contributed by atoms with Crippen LogP contribution < -0.4 is 10.6 Å². The normalized spacial score (nSPS) is 18.7. The summed E-state index contributed by atoms with van der Waals surface area (Å²) in [6.45, 7) is 1.56. The number of amides is 2. The Morgan fingerprint density at radius 2 is 2.06 bits per heavy atom. The fourth-order valence-corrected chi connectivity index (χ4v) is 2.06. The lowest BCUT2D eigenvalue weighted by molar-refractivity contribution is -0.138. The largest absolute Gasteiger partial charge is 0.357 e. The maximum Gasteiger partial charge on any atom is 0.242 e. The van der Waals surface area contributed by atoms with Gasteiger partial charge in [0.15, 0.2) is 0 Å². The van der Waals surface area contributed by atoms with E-state index in [2.05, 4.69) is 10.6 Å². The van der Waals surface area contributed by atoms with Crippen LogP contribution in [-0.4, -0.2) is 49.9 Å². The average Bonchev–Trinajstić information content (AvgIpc) is 2.77. The monoisotopic (exact) mass is 263 g/mol. The second-order valence-corrected chi connectivity index (χ2v) is 4.07. The smallest absolute Gasteiger partial charge is 0.242 e. The Morgan fingerprint density at radius 1 is 1.35 bits per heavy atom. The van der Waals surface area contributed by atoms with Gasteiger partial charge in [0, 0.05) is 20.0 Å². The summed E-state index contributed by atoms with van der Waals surface area (Å²) in [7, 11) is 3.48. The molecule has 1 aliphatic rings. The van der Waals surface area contributed by atoms with Gasteiger partial charge in [0.05, 0.1) is 0 Å². The van der Waals surface area contributed by atoms with Crippen LogP contribution in [0.3, 0.4) is 0 Å². The number of nitrogens with one attached hydrogen (secondary N) is 2. The van der Waals surface area contributed by atoms with Crippen LogP contribution in [-0.2, 0) is 9.59 Å². The highest BCUT2D eigenvalue weighted by atomic mass is 35.5. The van der Waals surface area contributed by atoms with E-state index < -0.39 is 0 Å². The third-order valence-corrected chi connectivity index (χ3v) is 2.94. The van der Waals surface area contributed by atoms with Crippen LogP contribution in [0.4, 0.5) is 0 Å². The Hall–Kier alpha value is -0.810. The summed E-state index contributed by atoms with van der Waals surface area (Å²) >= 11 is 0. The van der Waals surface area contributed by atoms with Crippen LogP contribution in [0.5, 0.6) is 0 Å². The minimum Gasteiger partial charge on any atom is -0.357 e. The van der Waals surface area contributed by atoms with Crippen LogP contribution in [0.2, 0.25) is 0 Å². The van der Waals surface area contributed by atoms with Crippen LogP contribution >= 0.6 is 12.4 Å². The second-order valence-electron chi connectivity index (χ2n) is 4.07. The van der Waals surface area contributed by atoms with Gasteiger partial charge >= 0.3 is 0 Å². The average molecular weight is 264 g/mol. The lowest BCUT2D eigenvalue weighted by Gasteiger charge is -2.23. The van der Waals surface area contributed by atoms with E-state index in [1.807, 2.05) is 7.05 Å². The quantitative estimate of drug-likeness (QED) is 0.694. The van der Waals surface area contributed by atoms with Crippen molar-refractivity contribution in [3.05, 3.63) is 0 Å². The van der Waals surface area contributed by atoms with Crippen molar-refractivity contribution >= 4 is 24.2 Å². The van der Waals surface area contributed by atoms with Gasteiger partial charge in [-0.2, -0.15) is 0 Å². The van der Waals surface area contributed by atoms with E-state index in [1.165, 1.54) is 0 Å². The standard InChI is InChI=1S/C11H21N3O2.ClH/c1-12-7-3-6-10(15)14-8-4-5-9(14)11(16)13-2;/h9,12H,3-8H2,1-2H3,(H,13,16);1H. The van der Waals surface area contributed by atoms with Crippen molar-refractivity contribution in [2.24, 2.45) is 0 Å². The Bertz CT molecular complexity index is 261. The molecule has 0 aromatic carbocycles. The maximum absolute atomic E-state index is 11.9. The Labute approximate surface area is 109 Å². The highest BCUT2D eigenvalue weighted by Crippen LogP contribution is 2.18. The Balaban J connectivity index is 0.00000256. The molecule has 1 heterocycles. The second kappa shape index (κ2) is 8.31. The zero-order chi connectivity index (χ0) is 12.0. The van der Waals surface area contributed by atoms with Crippen molar-refractivity contribution in [2.45, 2.75) is 31.7 Å². The molecule has 6 heteroatoms. The lowest BCUT2D eigenvalue weighted by Crippen LogP contribution is -2.44. The molecule has 0 aromatic rings. The van der Waals surface area contributed by atoms with Gasteiger partial charge in [-0.15, -0.1) is 12.4 Å². The number of likely N-dealkylation sites (tertiary alicyclic amines) is 1. The summed E-state index contributed by atoms with van der Waals surface area (Å²) in [5, 5.41) is 5.62. The van der Waals surface area contributed by atoms with Crippen LogP contribution in [0, 0.1) is 0 Å². The molecule has 1 atom stereocenters. The van der Waals surface area contributed by atoms with E-state index in [0.29, 0.717) is 6.42 Å². The number of hydrogen-bond donors (Lipinski definition) is 2. The molecule has 1 saturated heterocycles. The summed E-state index contributed by atoms with van der Waals surface area (Å²) in [5.41, 5.74) is 0. The van der Waals surface area contributed by atoms with E-state index >= 15 is 0 Å². The first-order valence-corrected chi connectivity index (χ1v) is 5.86. The third kappa shape index (κ3) is 4.52.